The molecule has 0 saturated carbocycles. The van der Waals surface area contributed by atoms with Gasteiger partial charge < -0.3 is 9.72 Å². The van der Waals surface area contributed by atoms with Crippen LogP contribution < -0.4 is 10.3 Å². The molecule has 1 N–H and O–H groups in total. The Labute approximate surface area is 92.9 Å². The van der Waals surface area contributed by atoms with Crippen LogP contribution in [0.5, 0.6) is 5.88 Å². The highest BCUT2D eigenvalue weighted by Crippen LogP contribution is 2.24. The molecule has 16 heavy (non-hydrogen) atoms. The summed E-state index contributed by atoms with van der Waals surface area (Å²) in [6, 6.07) is 8.67. The van der Waals surface area contributed by atoms with Gasteiger partial charge in [-0.2, -0.15) is 0 Å². The molecular weight excluding hydrogens is 204 g/mol. The summed E-state index contributed by atoms with van der Waals surface area (Å²) in [6.45, 7) is 2.44. The van der Waals surface area contributed by atoms with Crippen LogP contribution in [0.4, 0.5) is 0 Å². The van der Waals surface area contributed by atoms with Crippen LogP contribution >= 0.6 is 0 Å². The fraction of sp³-hybridized carbons (Fsp3) is 0.167. The zero-order valence-corrected chi connectivity index (χ0v) is 8.93. The van der Waals surface area contributed by atoms with Crippen molar-refractivity contribution in [3.63, 3.8) is 0 Å². The lowest BCUT2D eigenvalue weighted by Gasteiger charge is -2.07. The highest BCUT2D eigenvalue weighted by Gasteiger charge is 2.06. The van der Waals surface area contributed by atoms with Gasteiger partial charge in [0.05, 0.1) is 17.9 Å². The van der Waals surface area contributed by atoms with Crippen LogP contribution in [-0.4, -0.2) is 16.6 Å². The molecule has 82 valence electrons. The number of aromatic amines is 1. The molecule has 0 spiro atoms. The maximum Gasteiger partial charge on any atom is 0.248 e. The second kappa shape index (κ2) is 4.61. The third-order valence-corrected chi connectivity index (χ3v) is 2.11. The lowest BCUT2D eigenvalue weighted by Crippen LogP contribution is -2.05. The number of hydrogen-bond acceptors (Lipinski definition) is 3. The molecule has 4 heteroatoms. The number of rotatable bonds is 3. The molecule has 0 aliphatic carbocycles. The normalized spacial score (nSPS) is 10.1. The van der Waals surface area contributed by atoms with Gasteiger partial charge in [-0.3, -0.25) is 4.79 Å². The van der Waals surface area contributed by atoms with Crippen molar-refractivity contribution in [1.29, 1.82) is 0 Å². The van der Waals surface area contributed by atoms with Gasteiger partial charge in [-0.25, -0.2) is 4.98 Å². The van der Waals surface area contributed by atoms with Gasteiger partial charge in [0.2, 0.25) is 11.4 Å². The summed E-state index contributed by atoms with van der Waals surface area (Å²) in [6.07, 6.45) is 1.66. The predicted octanol–water partition coefficient (Wildman–Crippen LogP) is 1.84. The van der Waals surface area contributed by atoms with Crippen molar-refractivity contribution in [3.05, 3.63) is 46.9 Å². The van der Waals surface area contributed by atoms with Crippen molar-refractivity contribution in [1.82, 2.24) is 9.97 Å². The first-order valence-corrected chi connectivity index (χ1v) is 5.09. The number of H-pyrrole nitrogens is 1. The van der Waals surface area contributed by atoms with E-state index < -0.39 is 0 Å². The molecular formula is C12H12N2O2. The van der Waals surface area contributed by atoms with Crippen LogP contribution in [0.15, 0.2) is 41.3 Å². The van der Waals surface area contributed by atoms with Crippen molar-refractivity contribution >= 4 is 0 Å². The average molecular weight is 216 g/mol. The molecule has 4 nitrogen and oxygen atoms in total. The molecule has 2 aromatic rings. The number of aromatic nitrogens is 2. The molecule has 0 saturated heterocycles. The minimum absolute atomic E-state index is 0.135. The largest absolute Gasteiger partial charge is 0.477 e. The van der Waals surface area contributed by atoms with Crippen LogP contribution in [0.25, 0.3) is 11.3 Å². The van der Waals surface area contributed by atoms with Gasteiger partial charge in [-0.05, 0) is 25.1 Å². The quantitative estimate of drug-likeness (QED) is 0.851. The average Bonchev–Trinajstić information content (AvgIpc) is 2.30. The molecule has 2 heterocycles. The van der Waals surface area contributed by atoms with Gasteiger partial charge in [0.1, 0.15) is 0 Å². The summed E-state index contributed by atoms with van der Waals surface area (Å²) in [5.74, 6) is 0.534. The maximum absolute atomic E-state index is 11.2. The Morgan fingerprint density at radius 3 is 2.94 bits per heavy atom. The molecule has 0 bridgehead atoms. The van der Waals surface area contributed by atoms with Crippen molar-refractivity contribution in [2.45, 2.75) is 6.92 Å². The predicted molar refractivity (Wildman–Crippen MR) is 61.5 cm³/mol. The van der Waals surface area contributed by atoms with Crippen LogP contribution in [0.2, 0.25) is 0 Å². The third-order valence-electron chi connectivity index (χ3n) is 2.11. The molecule has 0 atom stereocenters. The summed E-state index contributed by atoms with van der Waals surface area (Å²) < 4.78 is 5.40. The van der Waals surface area contributed by atoms with Gasteiger partial charge in [-0.15, -0.1) is 0 Å². The Kier molecular flexibility index (Phi) is 3.00. The van der Waals surface area contributed by atoms with Crippen LogP contribution in [0.3, 0.4) is 0 Å². The molecule has 0 radical (unpaired) electrons. The summed E-state index contributed by atoms with van der Waals surface area (Å²) in [4.78, 5) is 18.1. The first kappa shape index (κ1) is 10.4. The van der Waals surface area contributed by atoms with Gasteiger partial charge >= 0.3 is 0 Å². The SMILES string of the molecule is CCOc1ncccc1-c1cccc(=O)[nH]1. The Hall–Kier alpha value is -2.10. The van der Waals surface area contributed by atoms with Crippen molar-refractivity contribution in [2.75, 3.05) is 6.61 Å². The summed E-state index contributed by atoms with van der Waals surface area (Å²) in [5.41, 5.74) is 1.37. The van der Waals surface area contributed by atoms with E-state index in [1.165, 1.54) is 6.07 Å². The number of hydrogen-bond donors (Lipinski definition) is 1. The molecule has 0 amide bonds. The van der Waals surface area contributed by atoms with E-state index in [2.05, 4.69) is 9.97 Å². The lowest BCUT2D eigenvalue weighted by atomic mass is 10.2. The van der Waals surface area contributed by atoms with Crippen LogP contribution in [-0.2, 0) is 0 Å². The van der Waals surface area contributed by atoms with Crippen molar-refractivity contribution < 1.29 is 4.74 Å². The molecule has 2 rings (SSSR count). The van der Waals surface area contributed by atoms with Crippen molar-refractivity contribution in [3.8, 4) is 17.1 Å². The zero-order valence-electron chi connectivity index (χ0n) is 8.93. The second-order valence-electron chi connectivity index (χ2n) is 3.22. The lowest BCUT2D eigenvalue weighted by molar-refractivity contribution is 0.328. The molecule has 2 aromatic heterocycles. The van der Waals surface area contributed by atoms with Gasteiger partial charge in [0.15, 0.2) is 0 Å². The molecule has 0 fully saturated rings. The number of nitrogens with zero attached hydrogens (tertiary/aromatic N) is 1. The molecule has 0 aliphatic heterocycles. The Morgan fingerprint density at radius 2 is 2.19 bits per heavy atom. The first-order valence-electron chi connectivity index (χ1n) is 5.09. The first-order chi connectivity index (χ1) is 7.81. The van der Waals surface area contributed by atoms with E-state index in [0.717, 1.165) is 5.56 Å². The van der Waals surface area contributed by atoms with E-state index in [-0.39, 0.29) is 5.56 Å². The number of nitrogens with one attached hydrogen (secondary N) is 1. The Bertz CT molecular complexity index is 534. The fourth-order valence-electron chi connectivity index (χ4n) is 1.45. The van der Waals surface area contributed by atoms with Crippen LogP contribution in [0.1, 0.15) is 6.92 Å². The number of ether oxygens (including phenoxy) is 1. The minimum Gasteiger partial charge on any atom is -0.477 e. The van der Waals surface area contributed by atoms with Gasteiger partial charge in [-0.1, -0.05) is 6.07 Å². The fourth-order valence-corrected chi connectivity index (χ4v) is 1.45. The standard InChI is InChI=1S/C12H12N2O2/c1-2-16-12-9(5-4-8-13-12)10-6-3-7-11(15)14-10/h3-8H,2H2,1H3,(H,14,15). The highest BCUT2D eigenvalue weighted by molar-refractivity contribution is 5.64. The topological polar surface area (TPSA) is 55.0 Å². The maximum atomic E-state index is 11.2. The van der Waals surface area contributed by atoms with Crippen LogP contribution in [0, 0.1) is 0 Å². The smallest absolute Gasteiger partial charge is 0.248 e. The van der Waals surface area contributed by atoms with Gasteiger partial charge in [0, 0.05) is 12.3 Å². The second-order valence-corrected chi connectivity index (χ2v) is 3.22. The van der Waals surface area contributed by atoms with Gasteiger partial charge in [0.25, 0.3) is 0 Å². The molecule has 0 aromatic carbocycles. The molecule has 0 unspecified atom stereocenters. The monoisotopic (exact) mass is 216 g/mol. The minimum atomic E-state index is -0.135. The Morgan fingerprint density at radius 1 is 1.31 bits per heavy atom. The van der Waals surface area contributed by atoms with E-state index in [4.69, 9.17) is 4.74 Å². The zero-order chi connectivity index (χ0) is 11.4. The third kappa shape index (κ3) is 2.11. The van der Waals surface area contributed by atoms with E-state index in [0.29, 0.717) is 18.2 Å². The summed E-state index contributed by atoms with van der Waals surface area (Å²) in [7, 11) is 0. The highest BCUT2D eigenvalue weighted by atomic mass is 16.5. The summed E-state index contributed by atoms with van der Waals surface area (Å²) in [5, 5.41) is 0. The van der Waals surface area contributed by atoms with E-state index in [9.17, 15) is 4.79 Å². The van der Waals surface area contributed by atoms with E-state index in [1.807, 2.05) is 25.1 Å². The summed E-state index contributed by atoms with van der Waals surface area (Å²) >= 11 is 0. The van der Waals surface area contributed by atoms with E-state index >= 15 is 0 Å². The Balaban J connectivity index is 2.51. The molecule has 0 aliphatic rings. The van der Waals surface area contributed by atoms with E-state index in [1.54, 1.807) is 12.3 Å². The van der Waals surface area contributed by atoms with Crippen molar-refractivity contribution in [2.24, 2.45) is 0 Å². The number of pyridine rings is 2.